The van der Waals surface area contributed by atoms with E-state index in [1.807, 2.05) is 12.1 Å². The SMILES string of the molecule is COc1ccc(C[S])c(Cl)c1. The number of methoxy groups -OCH3 is 1. The fraction of sp³-hybridized carbons (Fsp3) is 0.250. The average Bonchev–Trinajstić information content (AvgIpc) is 2.04. The highest BCUT2D eigenvalue weighted by molar-refractivity contribution is 7.79. The van der Waals surface area contributed by atoms with E-state index in [2.05, 4.69) is 0 Å². The summed E-state index contributed by atoms with van der Waals surface area (Å²) >= 11 is 10.7. The second-order valence-electron chi connectivity index (χ2n) is 2.10. The number of ether oxygens (including phenoxy) is 1. The molecule has 0 amide bonds. The lowest BCUT2D eigenvalue weighted by molar-refractivity contribution is 0.414. The van der Waals surface area contributed by atoms with Gasteiger partial charge in [0.1, 0.15) is 5.75 Å². The Bertz CT molecular complexity index is 250. The highest BCUT2D eigenvalue weighted by Gasteiger charge is 1.99. The Labute approximate surface area is 76.7 Å². The molecule has 0 N–H and O–H groups in total. The third-order valence-electron chi connectivity index (χ3n) is 1.42. The monoisotopic (exact) mass is 187 g/mol. The number of halogens is 1. The van der Waals surface area contributed by atoms with Crippen molar-refractivity contribution in [1.82, 2.24) is 0 Å². The molecule has 0 aliphatic carbocycles. The maximum Gasteiger partial charge on any atom is 0.120 e. The molecule has 0 heterocycles. The van der Waals surface area contributed by atoms with Crippen LogP contribution in [0.5, 0.6) is 5.75 Å². The molecule has 11 heavy (non-hydrogen) atoms. The van der Waals surface area contributed by atoms with E-state index in [1.165, 1.54) is 0 Å². The number of rotatable bonds is 2. The van der Waals surface area contributed by atoms with Crippen LogP contribution in [0.3, 0.4) is 0 Å². The summed E-state index contributed by atoms with van der Waals surface area (Å²) in [5, 5.41) is 0.680. The van der Waals surface area contributed by atoms with E-state index >= 15 is 0 Å². The van der Waals surface area contributed by atoms with Gasteiger partial charge < -0.3 is 4.74 Å². The molecular formula is C8H8ClOS. The van der Waals surface area contributed by atoms with Crippen molar-refractivity contribution < 1.29 is 4.74 Å². The van der Waals surface area contributed by atoms with Gasteiger partial charge >= 0.3 is 0 Å². The van der Waals surface area contributed by atoms with Gasteiger partial charge in [-0.05, 0) is 17.7 Å². The van der Waals surface area contributed by atoms with Crippen molar-refractivity contribution in [1.29, 1.82) is 0 Å². The predicted molar refractivity (Wildman–Crippen MR) is 49.3 cm³/mol. The summed E-state index contributed by atoms with van der Waals surface area (Å²) < 4.78 is 4.98. The minimum Gasteiger partial charge on any atom is -0.497 e. The van der Waals surface area contributed by atoms with Crippen molar-refractivity contribution in [2.45, 2.75) is 5.75 Å². The van der Waals surface area contributed by atoms with Crippen LogP contribution in [0.1, 0.15) is 5.56 Å². The molecular weight excluding hydrogens is 180 g/mol. The molecule has 1 rings (SSSR count). The lowest BCUT2D eigenvalue weighted by Crippen LogP contribution is -1.84. The van der Waals surface area contributed by atoms with Crippen LogP contribution in [0.25, 0.3) is 0 Å². The summed E-state index contributed by atoms with van der Waals surface area (Å²) in [5.41, 5.74) is 0.975. The largest absolute Gasteiger partial charge is 0.497 e. The molecule has 59 valence electrons. The molecule has 0 aliphatic rings. The summed E-state index contributed by atoms with van der Waals surface area (Å²) in [4.78, 5) is 0. The van der Waals surface area contributed by atoms with E-state index in [1.54, 1.807) is 13.2 Å². The van der Waals surface area contributed by atoms with Gasteiger partial charge in [0, 0.05) is 10.8 Å². The van der Waals surface area contributed by atoms with Crippen LogP contribution in [0.2, 0.25) is 5.02 Å². The third-order valence-corrected chi connectivity index (χ3v) is 2.08. The topological polar surface area (TPSA) is 9.23 Å². The van der Waals surface area contributed by atoms with Crippen LogP contribution in [-0.2, 0) is 5.75 Å². The van der Waals surface area contributed by atoms with E-state index < -0.39 is 0 Å². The highest BCUT2D eigenvalue weighted by atomic mass is 35.5. The van der Waals surface area contributed by atoms with Crippen LogP contribution in [0, 0.1) is 0 Å². The van der Waals surface area contributed by atoms with Crippen LogP contribution in [0.15, 0.2) is 18.2 Å². The molecule has 0 atom stereocenters. The smallest absolute Gasteiger partial charge is 0.120 e. The Balaban J connectivity index is 2.99. The Morgan fingerprint density at radius 3 is 2.73 bits per heavy atom. The normalized spacial score (nSPS) is 9.73. The minimum absolute atomic E-state index is 0.544. The van der Waals surface area contributed by atoms with Gasteiger partial charge in [-0.2, -0.15) is 0 Å². The number of benzene rings is 1. The number of hydrogen-bond donors (Lipinski definition) is 0. The van der Waals surface area contributed by atoms with Gasteiger partial charge in [-0.1, -0.05) is 30.3 Å². The second-order valence-corrected chi connectivity index (χ2v) is 2.80. The molecule has 1 aromatic rings. The highest BCUT2D eigenvalue weighted by Crippen LogP contribution is 2.23. The van der Waals surface area contributed by atoms with Crippen molar-refractivity contribution in [3.63, 3.8) is 0 Å². The zero-order valence-corrected chi connectivity index (χ0v) is 7.71. The van der Waals surface area contributed by atoms with Gasteiger partial charge in [0.05, 0.1) is 7.11 Å². The second kappa shape index (κ2) is 3.88. The van der Waals surface area contributed by atoms with Crippen molar-refractivity contribution in [3.05, 3.63) is 28.8 Å². The van der Waals surface area contributed by atoms with E-state index in [-0.39, 0.29) is 0 Å². The maximum absolute atomic E-state index is 5.86. The molecule has 0 fully saturated rings. The Morgan fingerprint density at radius 2 is 2.27 bits per heavy atom. The molecule has 1 nitrogen and oxygen atoms in total. The molecule has 1 radical (unpaired) electrons. The molecule has 0 aromatic heterocycles. The summed E-state index contributed by atoms with van der Waals surface area (Å²) in [6, 6.07) is 5.50. The first-order valence-electron chi connectivity index (χ1n) is 3.18. The first-order chi connectivity index (χ1) is 5.27. The van der Waals surface area contributed by atoms with E-state index in [0.717, 1.165) is 11.3 Å². The molecule has 0 spiro atoms. The van der Waals surface area contributed by atoms with Crippen molar-refractivity contribution in [3.8, 4) is 5.75 Å². The fourth-order valence-corrected chi connectivity index (χ4v) is 1.34. The van der Waals surface area contributed by atoms with Gasteiger partial charge in [0.25, 0.3) is 0 Å². The van der Waals surface area contributed by atoms with E-state index in [0.29, 0.717) is 10.8 Å². The molecule has 1 aromatic carbocycles. The fourth-order valence-electron chi connectivity index (χ4n) is 0.772. The van der Waals surface area contributed by atoms with Crippen LogP contribution < -0.4 is 4.74 Å². The molecule has 0 unspecified atom stereocenters. The standard InChI is InChI=1S/C8H8ClOS/c1-10-7-3-2-6(5-11)8(9)4-7/h2-4H,5H2,1H3. The summed E-state index contributed by atoms with van der Waals surface area (Å²) in [5.74, 6) is 1.31. The van der Waals surface area contributed by atoms with Crippen LogP contribution >= 0.6 is 24.2 Å². The summed E-state index contributed by atoms with van der Waals surface area (Å²) in [6.45, 7) is 0. The van der Waals surface area contributed by atoms with Gasteiger partial charge in [-0.25, -0.2) is 0 Å². The van der Waals surface area contributed by atoms with Gasteiger partial charge in [-0.15, -0.1) is 0 Å². The van der Waals surface area contributed by atoms with Crippen LogP contribution in [0.4, 0.5) is 0 Å². The van der Waals surface area contributed by atoms with Gasteiger partial charge in [0.2, 0.25) is 0 Å². The zero-order valence-electron chi connectivity index (χ0n) is 6.13. The van der Waals surface area contributed by atoms with Crippen molar-refractivity contribution in [2.75, 3.05) is 7.11 Å². The van der Waals surface area contributed by atoms with Crippen molar-refractivity contribution >= 4 is 24.2 Å². The molecule has 0 aliphatic heterocycles. The third kappa shape index (κ3) is 2.04. The molecule has 3 heteroatoms. The quantitative estimate of drug-likeness (QED) is 0.692. The molecule has 0 saturated heterocycles. The number of hydrogen-bond acceptors (Lipinski definition) is 1. The lowest BCUT2D eigenvalue weighted by atomic mass is 10.2. The Morgan fingerprint density at radius 1 is 1.55 bits per heavy atom. The van der Waals surface area contributed by atoms with E-state index in [4.69, 9.17) is 29.0 Å². The molecule has 0 bridgehead atoms. The Kier molecular flexibility index (Phi) is 3.09. The average molecular weight is 188 g/mol. The maximum atomic E-state index is 5.86. The van der Waals surface area contributed by atoms with E-state index in [9.17, 15) is 0 Å². The van der Waals surface area contributed by atoms with Crippen molar-refractivity contribution in [2.24, 2.45) is 0 Å². The van der Waals surface area contributed by atoms with Gasteiger partial charge in [0.15, 0.2) is 0 Å². The van der Waals surface area contributed by atoms with Gasteiger partial charge in [-0.3, -0.25) is 0 Å². The molecule has 0 saturated carbocycles. The Hall–Kier alpha value is -0.340. The zero-order chi connectivity index (χ0) is 8.27. The first kappa shape index (κ1) is 8.75. The lowest BCUT2D eigenvalue weighted by Gasteiger charge is -2.02. The minimum atomic E-state index is 0.544. The predicted octanol–water partition coefficient (Wildman–Crippen LogP) is 3.05. The summed E-state index contributed by atoms with van der Waals surface area (Å²) in [7, 11) is 1.61. The first-order valence-corrected chi connectivity index (χ1v) is 4.14. The summed E-state index contributed by atoms with van der Waals surface area (Å²) in [6.07, 6.45) is 0. The van der Waals surface area contributed by atoms with Crippen LogP contribution in [-0.4, -0.2) is 7.11 Å².